The SMILES string of the molecule is Cc1ccc(C)c(S(=O)(=O)N2CCN(C)CC2c2ccccc2)c1.Cl. The van der Waals surface area contributed by atoms with E-state index in [4.69, 9.17) is 0 Å². The summed E-state index contributed by atoms with van der Waals surface area (Å²) < 4.78 is 28.4. The molecule has 6 heteroatoms. The zero-order valence-corrected chi connectivity index (χ0v) is 16.5. The maximum absolute atomic E-state index is 13.4. The topological polar surface area (TPSA) is 40.6 Å². The molecule has 0 amide bonds. The van der Waals surface area contributed by atoms with Crippen LogP contribution in [0.1, 0.15) is 22.7 Å². The van der Waals surface area contributed by atoms with E-state index in [9.17, 15) is 8.42 Å². The van der Waals surface area contributed by atoms with Gasteiger partial charge in [0.15, 0.2) is 0 Å². The van der Waals surface area contributed by atoms with E-state index < -0.39 is 10.0 Å². The number of hydrogen-bond acceptors (Lipinski definition) is 3. The highest BCUT2D eigenvalue weighted by Gasteiger charge is 2.36. The van der Waals surface area contributed by atoms with Crippen LogP contribution < -0.4 is 0 Å². The molecule has 3 rings (SSSR count). The van der Waals surface area contributed by atoms with Crippen LogP contribution in [0.15, 0.2) is 53.4 Å². The maximum atomic E-state index is 13.4. The standard InChI is InChI=1S/C19H24N2O2S.ClH/c1-15-9-10-16(2)19(13-15)24(22,23)21-12-11-20(3)14-18(21)17-7-5-4-6-8-17;/h4-10,13,18H,11-12,14H2,1-3H3;1H. The predicted octanol–water partition coefficient (Wildman–Crippen LogP) is 3.40. The lowest BCUT2D eigenvalue weighted by Crippen LogP contribution is -2.49. The Morgan fingerprint density at radius 2 is 1.68 bits per heavy atom. The van der Waals surface area contributed by atoms with Crippen molar-refractivity contribution in [3.05, 3.63) is 65.2 Å². The Morgan fingerprint density at radius 1 is 1.00 bits per heavy atom. The van der Waals surface area contributed by atoms with Gasteiger partial charge in [0.25, 0.3) is 0 Å². The summed E-state index contributed by atoms with van der Waals surface area (Å²) >= 11 is 0. The zero-order chi connectivity index (χ0) is 17.3. The first-order valence-corrected chi connectivity index (χ1v) is 9.66. The molecule has 0 spiro atoms. The molecule has 0 saturated carbocycles. The van der Waals surface area contributed by atoms with Gasteiger partial charge < -0.3 is 4.90 Å². The van der Waals surface area contributed by atoms with Gasteiger partial charge in [-0.25, -0.2) is 8.42 Å². The first-order valence-electron chi connectivity index (χ1n) is 8.22. The van der Waals surface area contributed by atoms with Gasteiger partial charge in [0.05, 0.1) is 10.9 Å². The van der Waals surface area contributed by atoms with Crippen molar-refractivity contribution in [3.8, 4) is 0 Å². The first kappa shape index (κ1) is 19.9. The molecule has 1 fully saturated rings. The lowest BCUT2D eigenvalue weighted by atomic mass is 10.1. The minimum atomic E-state index is -3.53. The van der Waals surface area contributed by atoms with Crippen LogP contribution in [0.3, 0.4) is 0 Å². The van der Waals surface area contributed by atoms with Gasteiger partial charge in [0.1, 0.15) is 0 Å². The summed E-state index contributed by atoms with van der Waals surface area (Å²) in [7, 11) is -1.49. The number of likely N-dealkylation sites (N-methyl/N-ethyl adjacent to an activating group) is 1. The van der Waals surface area contributed by atoms with E-state index in [0.717, 1.165) is 23.2 Å². The Bertz CT molecular complexity index is 825. The smallest absolute Gasteiger partial charge is 0.243 e. The predicted molar refractivity (Wildman–Crippen MR) is 104 cm³/mol. The highest BCUT2D eigenvalue weighted by atomic mass is 35.5. The lowest BCUT2D eigenvalue weighted by Gasteiger charge is -2.39. The summed E-state index contributed by atoms with van der Waals surface area (Å²) in [6.45, 7) is 5.74. The molecule has 0 aliphatic carbocycles. The van der Waals surface area contributed by atoms with Gasteiger partial charge in [-0.1, -0.05) is 42.5 Å². The summed E-state index contributed by atoms with van der Waals surface area (Å²) in [6, 6.07) is 15.4. The molecule has 136 valence electrons. The Hall–Kier alpha value is -1.40. The van der Waals surface area contributed by atoms with Crippen molar-refractivity contribution in [2.24, 2.45) is 0 Å². The molecule has 1 aliphatic heterocycles. The van der Waals surface area contributed by atoms with Gasteiger partial charge in [-0.3, -0.25) is 0 Å². The van der Waals surface area contributed by atoms with Crippen molar-refractivity contribution in [1.29, 1.82) is 0 Å². The van der Waals surface area contributed by atoms with Crippen molar-refractivity contribution in [2.45, 2.75) is 24.8 Å². The van der Waals surface area contributed by atoms with E-state index in [-0.39, 0.29) is 18.4 Å². The molecule has 4 nitrogen and oxygen atoms in total. The molecule has 0 bridgehead atoms. The highest BCUT2D eigenvalue weighted by molar-refractivity contribution is 7.89. The quantitative estimate of drug-likeness (QED) is 0.819. The number of benzene rings is 2. The molecule has 1 aliphatic rings. The van der Waals surface area contributed by atoms with E-state index >= 15 is 0 Å². The fourth-order valence-electron chi connectivity index (χ4n) is 3.25. The molecule has 0 N–H and O–H groups in total. The molecular weight excluding hydrogens is 356 g/mol. The Kier molecular flexibility index (Phi) is 6.27. The third-order valence-corrected chi connectivity index (χ3v) is 6.70. The number of aryl methyl sites for hydroxylation is 2. The van der Waals surface area contributed by atoms with Crippen LogP contribution in [0.25, 0.3) is 0 Å². The van der Waals surface area contributed by atoms with Crippen LogP contribution in [0.4, 0.5) is 0 Å². The monoisotopic (exact) mass is 380 g/mol. The van der Waals surface area contributed by atoms with E-state index in [1.807, 2.05) is 63.4 Å². The third kappa shape index (κ3) is 4.06. The Balaban J connectivity index is 0.00000225. The van der Waals surface area contributed by atoms with Crippen molar-refractivity contribution in [2.75, 3.05) is 26.7 Å². The highest BCUT2D eigenvalue weighted by Crippen LogP contribution is 2.32. The number of rotatable bonds is 3. The molecule has 0 aromatic heterocycles. The van der Waals surface area contributed by atoms with Gasteiger partial charge in [0.2, 0.25) is 10.0 Å². The van der Waals surface area contributed by atoms with E-state index in [2.05, 4.69) is 4.90 Å². The Morgan fingerprint density at radius 3 is 2.36 bits per heavy atom. The summed E-state index contributed by atoms with van der Waals surface area (Å²) in [4.78, 5) is 2.61. The molecule has 1 saturated heterocycles. The van der Waals surface area contributed by atoms with Gasteiger partial charge >= 0.3 is 0 Å². The minimum absolute atomic E-state index is 0. The van der Waals surface area contributed by atoms with Crippen molar-refractivity contribution >= 4 is 22.4 Å². The van der Waals surface area contributed by atoms with E-state index in [1.165, 1.54) is 0 Å². The number of piperazine rings is 1. The molecule has 1 unspecified atom stereocenters. The van der Waals surface area contributed by atoms with Crippen molar-refractivity contribution in [3.63, 3.8) is 0 Å². The largest absolute Gasteiger partial charge is 0.303 e. The lowest BCUT2D eigenvalue weighted by molar-refractivity contribution is 0.160. The van der Waals surface area contributed by atoms with E-state index in [0.29, 0.717) is 18.0 Å². The molecule has 2 aromatic rings. The first-order chi connectivity index (χ1) is 11.4. The fourth-order valence-corrected chi connectivity index (χ4v) is 5.16. The van der Waals surface area contributed by atoms with Gasteiger partial charge in [-0.2, -0.15) is 4.31 Å². The third-order valence-electron chi connectivity index (χ3n) is 4.65. The molecule has 25 heavy (non-hydrogen) atoms. The number of sulfonamides is 1. The molecule has 1 atom stereocenters. The van der Waals surface area contributed by atoms with Crippen molar-refractivity contribution in [1.82, 2.24) is 9.21 Å². The number of hydrogen-bond donors (Lipinski definition) is 0. The Labute approximate surface area is 156 Å². The summed E-state index contributed by atoms with van der Waals surface area (Å²) in [5, 5.41) is 0. The number of nitrogens with zero attached hydrogens (tertiary/aromatic N) is 2. The van der Waals surface area contributed by atoms with Crippen LogP contribution in [-0.4, -0.2) is 44.3 Å². The van der Waals surface area contributed by atoms with Gasteiger partial charge in [-0.05, 0) is 43.7 Å². The van der Waals surface area contributed by atoms with Crippen LogP contribution in [0.2, 0.25) is 0 Å². The zero-order valence-electron chi connectivity index (χ0n) is 14.8. The summed E-state index contributed by atoms with van der Waals surface area (Å²) in [5.41, 5.74) is 2.80. The minimum Gasteiger partial charge on any atom is -0.303 e. The molecule has 1 heterocycles. The summed E-state index contributed by atoms with van der Waals surface area (Å²) in [5.74, 6) is 0. The van der Waals surface area contributed by atoms with Crippen LogP contribution >= 0.6 is 12.4 Å². The van der Waals surface area contributed by atoms with Gasteiger partial charge in [-0.15, -0.1) is 12.4 Å². The average Bonchev–Trinajstić information content (AvgIpc) is 2.57. The fraction of sp³-hybridized carbons (Fsp3) is 0.368. The normalized spacial score (nSPS) is 19.4. The van der Waals surface area contributed by atoms with Gasteiger partial charge in [0, 0.05) is 19.6 Å². The number of halogens is 1. The van der Waals surface area contributed by atoms with Crippen molar-refractivity contribution < 1.29 is 8.42 Å². The summed E-state index contributed by atoms with van der Waals surface area (Å²) in [6.07, 6.45) is 0. The molecule has 2 aromatic carbocycles. The molecular formula is C19H25ClN2O2S. The second kappa shape index (κ2) is 7.87. The van der Waals surface area contributed by atoms with Crippen LogP contribution in [0.5, 0.6) is 0 Å². The second-order valence-electron chi connectivity index (χ2n) is 6.57. The van der Waals surface area contributed by atoms with E-state index in [1.54, 1.807) is 10.4 Å². The second-order valence-corrected chi connectivity index (χ2v) is 8.43. The van der Waals surface area contributed by atoms with Crippen LogP contribution in [0, 0.1) is 13.8 Å². The average molecular weight is 381 g/mol. The maximum Gasteiger partial charge on any atom is 0.243 e. The molecule has 0 radical (unpaired) electrons. The van der Waals surface area contributed by atoms with Crippen LogP contribution in [-0.2, 0) is 10.0 Å².